The molecule has 3 unspecified atom stereocenters. The number of carbonyl (C=O) groups is 2. The van der Waals surface area contributed by atoms with Crippen molar-refractivity contribution in [3.05, 3.63) is 0 Å². The predicted octanol–water partition coefficient (Wildman–Crippen LogP) is 7.29. The smallest absolute Gasteiger partial charge is 0.310 e. The van der Waals surface area contributed by atoms with Crippen molar-refractivity contribution in [2.75, 3.05) is 0 Å². The van der Waals surface area contributed by atoms with Gasteiger partial charge < -0.3 is 9.84 Å². The van der Waals surface area contributed by atoms with Gasteiger partial charge in [0.2, 0.25) is 0 Å². The highest BCUT2D eigenvalue weighted by atomic mass is 16.5. The van der Waals surface area contributed by atoms with Crippen molar-refractivity contribution >= 4 is 11.9 Å². The molecule has 29 heavy (non-hydrogen) atoms. The summed E-state index contributed by atoms with van der Waals surface area (Å²) in [6, 6.07) is 0. The van der Waals surface area contributed by atoms with Gasteiger partial charge in [-0.25, -0.2) is 0 Å². The zero-order valence-corrected chi connectivity index (χ0v) is 19.1. The number of rotatable bonds is 17. The lowest BCUT2D eigenvalue weighted by molar-refractivity contribution is -0.164. The summed E-state index contributed by atoms with van der Waals surface area (Å²) in [5.41, 5.74) is 0. The first-order valence-electron chi connectivity index (χ1n) is 12.5. The molecule has 170 valence electrons. The Bertz CT molecular complexity index is 435. The molecule has 4 heteroatoms. The molecule has 0 aromatic rings. The number of ether oxygens (including phenoxy) is 1. The zero-order chi connectivity index (χ0) is 21.3. The Morgan fingerprint density at radius 2 is 1.21 bits per heavy atom. The summed E-state index contributed by atoms with van der Waals surface area (Å²) in [5, 5.41) is 9.45. The van der Waals surface area contributed by atoms with Crippen LogP contribution in [0.2, 0.25) is 0 Å². The quantitative estimate of drug-likeness (QED) is 0.202. The van der Waals surface area contributed by atoms with Crippen LogP contribution in [-0.2, 0) is 14.3 Å². The maximum Gasteiger partial charge on any atom is 0.310 e. The maximum absolute atomic E-state index is 12.7. The van der Waals surface area contributed by atoms with Crippen LogP contribution in [-0.4, -0.2) is 23.1 Å². The van der Waals surface area contributed by atoms with Gasteiger partial charge in [-0.15, -0.1) is 0 Å². The summed E-state index contributed by atoms with van der Waals surface area (Å²) < 4.78 is 5.89. The molecule has 1 saturated carbocycles. The first-order valence-corrected chi connectivity index (χ1v) is 12.5. The summed E-state index contributed by atoms with van der Waals surface area (Å²) in [6.45, 7) is 4.43. The highest BCUT2D eigenvalue weighted by Crippen LogP contribution is 2.32. The molecule has 0 heterocycles. The third-order valence-corrected chi connectivity index (χ3v) is 6.43. The molecule has 0 spiro atoms. The molecule has 0 aromatic carbocycles. The average Bonchev–Trinajstić information content (AvgIpc) is 2.72. The number of unbranched alkanes of at least 4 members (excludes halogenated alkanes) is 10. The van der Waals surface area contributed by atoms with E-state index in [9.17, 15) is 14.7 Å². The molecule has 1 rings (SSSR count). The van der Waals surface area contributed by atoms with E-state index in [0.29, 0.717) is 12.8 Å². The molecular weight excluding hydrogens is 364 g/mol. The van der Waals surface area contributed by atoms with Gasteiger partial charge >= 0.3 is 11.9 Å². The van der Waals surface area contributed by atoms with Crippen molar-refractivity contribution in [3.8, 4) is 0 Å². The van der Waals surface area contributed by atoms with E-state index in [1.807, 2.05) is 0 Å². The number of esters is 1. The van der Waals surface area contributed by atoms with Crippen molar-refractivity contribution in [2.24, 2.45) is 11.8 Å². The molecule has 0 saturated heterocycles. The highest BCUT2D eigenvalue weighted by Gasteiger charge is 2.37. The number of carboxylic acid groups (broad SMARTS) is 1. The lowest BCUT2D eigenvalue weighted by Gasteiger charge is -2.28. The molecule has 0 amide bonds. The van der Waals surface area contributed by atoms with Gasteiger partial charge in [0.1, 0.15) is 6.10 Å². The zero-order valence-electron chi connectivity index (χ0n) is 19.1. The highest BCUT2D eigenvalue weighted by molar-refractivity contribution is 5.81. The van der Waals surface area contributed by atoms with Gasteiger partial charge in [-0.3, -0.25) is 9.59 Å². The second kappa shape index (κ2) is 16.7. The molecule has 1 N–H and O–H groups in total. The van der Waals surface area contributed by atoms with E-state index in [1.165, 1.54) is 51.4 Å². The molecule has 1 aliphatic carbocycles. The summed E-state index contributed by atoms with van der Waals surface area (Å²) in [7, 11) is 0. The first kappa shape index (κ1) is 26.0. The van der Waals surface area contributed by atoms with Crippen LogP contribution in [0.1, 0.15) is 129 Å². The molecule has 0 bridgehead atoms. The van der Waals surface area contributed by atoms with E-state index >= 15 is 0 Å². The van der Waals surface area contributed by atoms with Crippen LogP contribution in [0.25, 0.3) is 0 Å². The van der Waals surface area contributed by atoms with Gasteiger partial charge in [0.25, 0.3) is 0 Å². The second-order valence-electron chi connectivity index (χ2n) is 9.01. The van der Waals surface area contributed by atoms with Crippen LogP contribution in [0, 0.1) is 11.8 Å². The fourth-order valence-electron chi connectivity index (χ4n) is 4.53. The van der Waals surface area contributed by atoms with Crippen LogP contribution in [0.3, 0.4) is 0 Å². The van der Waals surface area contributed by atoms with E-state index in [-0.39, 0.29) is 12.1 Å². The lowest BCUT2D eigenvalue weighted by atomic mass is 9.79. The molecule has 0 radical (unpaired) electrons. The lowest BCUT2D eigenvalue weighted by Crippen LogP contribution is -2.35. The fraction of sp³-hybridized carbons (Fsp3) is 0.920. The van der Waals surface area contributed by atoms with Gasteiger partial charge in [0.15, 0.2) is 0 Å². The topological polar surface area (TPSA) is 63.6 Å². The average molecular weight is 411 g/mol. The molecule has 3 atom stereocenters. The van der Waals surface area contributed by atoms with Gasteiger partial charge in [0.05, 0.1) is 11.8 Å². The van der Waals surface area contributed by atoms with Crippen molar-refractivity contribution in [2.45, 2.75) is 136 Å². The monoisotopic (exact) mass is 410 g/mol. The molecule has 1 fully saturated rings. The van der Waals surface area contributed by atoms with Crippen molar-refractivity contribution < 1.29 is 19.4 Å². The number of aliphatic carboxylic acids is 1. The third-order valence-electron chi connectivity index (χ3n) is 6.43. The molecule has 4 nitrogen and oxygen atoms in total. The summed E-state index contributed by atoms with van der Waals surface area (Å²) in [4.78, 5) is 24.2. The molecule has 0 aliphatic heterocycles. The van der Waals surface area contributed by atoms with Crippen LogP contribution < -0.4 is 0 Å². The second-order valence-corrected chi connectivity index (χ2v) is 9.01. The van der Waals surface area contributed by atoms with Gasteiger partial charge in [-0.2, -0.15) is 0 Å². The Balaban J connectivity index is 2.36. The van der Waals surface area contributed by atoms with E-state index in [0.717, 1.165) is 51.4 Å². The van der Waals surface area contributed by atoms with Crippen molar-refractivity contribution in [3.63, 3.8) is 0 Å². The van der Waals surface area contributed by atoms with Gasteiger partial charge in [-0.05, 0) is 38.5 Å². The number of carbonyl (C=O) groups excluding carboxylic acids is 1. The fourth-order valence-corrected chi connectivity index (χ4v) is 4.53. The number of carboxylic acids is 1. The largest absolute Gasteiger partial charge is 0.481 e. The molecule has 1 aliphatic rings. The Morgan fingerprint density at radius 1 is 0.759 bits per heavy atom. The van der Waals surface area contributed by atoms with Crippen LogP contribution in [0.4, 0.5) is 0 Å². The Kier molecular flexibility index (Phi) is 15.0. The van der Waals surface area contributed by atoms with E-state index in [2.05, 4.69) is 13.8 Å². The molecular formula is C25H46O4. The minimum atomic E-state index is -0.840. The van der Waals surface area contributed by atoms with E-state index in [1.54, 1.807) is 0 Å². The standard InChI is InChI=1S/C25H46O4/c1-3-5-7-8-9-10-11-12-14-18-21(17-13-6-4-2)29-25(28)23-20-16-15-19-22(23)24(26)27/h21-23H,3-20H2,1-2H3,(H,26,27). The van der Waals surface area contributed by atoms with Gasteiger partial charge in [-0.1, -0.05) is 90.9 Å². The normalized spacial score (nSPS) is 20.3. The Morgan fingerprint density at radius 3 is 1.76 bits per heavy atom. The van der Waals surface area contributed by atoms with Crippen LogP contribution in [0.5, 0.6) is 0 Å². The first-order chi connectivity index (χ1) is 14.1. The Hall–Kier alpha value is -1.06. The minimum Gasteiger partial charge on any atom is -0.481 e. The maximum atomic E-state index is 12.7. The minimum absolute atomic E-state index is 0.0324. The van der Waals surface area contributed by atoms with Crippen molar-refractivity contribution in [1.82, 2.24) is 0 Å². The van der Waals surface area contributed by atoms with E-state index < -0.39 is 17.8 Å². The van der Waals surface area contributed by atoms with Crippen molar-refractivity contribution in [1.29, 1.82) is 0 Å². The predicted molar refractivity (Wildman–Crippen MR) is 119 cm³/mol. The van der Waals surface area contributed by atoms with E-state index in [4.69, 9.17) is 4.74 Å². The summed E-state index contributed by atoms with van der Waals surface area (Å²) in [5.74, 6) is -2.10. The van der Waals surface area contributed by atoms with Crippen LogP contribution >= 0.6 is 0 Å². The number of hydrogen-bond acceptors (Lipinski definition) is 3. The third kappa shape index (κ3) is 11.6. The van der Waals surface area contributed by atoms with Crippen LogP contribution in [0.15, 0.2) is 0 Å². The Labute approximate surface area is 179 Å². The number of hydrogen-bond donors (Lipinski definition) is 1. The van der Waals surface area contributed by atoms with Gasteiger partial charge in [0, 0.05) is 0 Å². The molecule has 0 aromatic heterocycles. The summed E-state index contributed by atoms with van der Waals surface area (Å²) in [6.07, 6.45) is 19.9. The summed E-state index contributed by atoms with van der Waals surface area (Å²) >= 11 is 0. The SMILES string of the molecule is CCCCCCCCCCCC(CCCCC)OC(=O)C1CCCCC1C(=O)O.